The van der Waals surface area contributed by atoms with Crippen molar-refractivity contribution < 1.29 is 4.39 Å². The summed E-state index contributed by atoms with van der Waals surface area (Å²) in [5.41, 5.74) is 0. The molecule has 0 aliphatic rings. The lowest BCUT2D eigenvalue weighted by molar-refractivity contribution is 0.527. The molecule has 0 fully saturated rings. The van der Waals surface area contributed by atoms with Crippen molar-refractivity contribution in [2.24, 2.45) is 0 Å². The first-order valence-electron chi connectivity index (χ1n) is 3.01. The number of rotatable bonds is 0. The molecule has 1 aromatic rings. The van der Waals surface area contributed by atoms with Gasteiger partial charge in [0.1, 0.15) is 11.9 Å². The minimum absolute atomic E-state index is 0.250. The van der Waals surface area contributed by atoms with Crippen LogP contribution in [0.1, 0.15) is 17.8 Å². The molecule has 1 aromatic heterocycles. The second-order valence-corrected chi connectivity index (χ2v) is 2.28. The Hall–Kier alpha value is -1.02. The number of aromatic nitrogens is 2. The molecule has 5 heteroatoms. The average Bonchev–Trinajstić information content (AvgIpc) is 2.37. The minimum Gasteiger partial charge on any atom is -0.251 e. The first-order valence-corrected chi connectivity index (χ1v) is 3.78. The number of hydrogen-bond acceptors (Lipinski definition) is 4. The van der Waals surface area contributed by atoms with Crippen molar-refractivity contribution in [2.45, 2.75) is 13.8 Å². The lowest BCUT2D eigenvalue weighted by atomic mass is 10.7. The summed E-state index contributed by atoms with van der Waals surface area (Å²) in [5, 5.41) is 8.64. The van der Waals surface area contributed by atoms with E-state index in [-0.39, 0.29) is 6.67 Å². The summed E-state index contributed by atoms with van der Waals surface area (Å²) in [5.74, 6) is 0.673. The van der Waals surface area contributed by atoms with Crippen molar-refractivity contribution in [1.29, 1.82) is 5.26 Å². The molecule has 0 amide bonds. The number of halogens is 1. The molecule has 0 N–H and O–H groups in total. The Morgan fingerprint density at radius 2 is 2.27 bits per heavy atom. The number of aryl methyl sites for hydroxylation is 1. The van der Waals surface area contributed by atoms with E-state index in [4.69, 9.17) is 5.26 Å². The molecule has 0 saturated carbocycles. The molecule has 0 radical (unpaired) electrons. The van der Waals surface area contributed by atoms with E-state index in [1.165, 1.54) is 6.92 Å². The Balaban J connectivity index is 0.000000292. The van der Waals surface area contributed by atoms with Crippen LogP contribution in [-0.2, 0) is 0 Å². The van der Waals surface area contributed by atoms with Gasteiger partial charge >= 0.3 is 0 Å². The quantitative estimate of drug-likeness (QED) is 0.600. The maximum atomic E-state index is 10.3. The van der Waals surface area contributed by atoms with E-state index in [1.807, 2.05) is 6.07 Å². The van der Waals surface area contributed by atoms with Gasteiger partial charge in [-0.1, -0.05) is 0 Å². The van der Waals surface area contributed by atoms with E-state index in [9.17, 15) is 4.39 Å². The summed E-state index contributed by atoms with van der Waals surface area (Å²) >= 11 is 1.13. The SMILES string of the molecule is CCF.Cc1nsc(C#N)n1. The highest BCUT2D eigenvalue weighted by atomic mass is 32.1. The Kier molecular flexibility index (Phi) is 5.21. The normalized spacial score (nSPS) is 7.82. The van der Waals surface area contributed by atoms with Gasteiger partial charge in [0.05, 0.1) is 6.67 Å². The minimum atomic E-state index is -0.250. The van der Waals surface area contributed by atoms with Crippen LogP contribution in [-0.4, -0.2) is 16.0 Å². The number of hydrogen-bond donors (Lipinski definition) is 0. The molecule has 0 saturated heterocycles. The van der Waals surface area contributed by atoms with E-state index in [0.717, 1.165) is 11.5 Å². The third-order valence-corrected chi connectivity index (χ3v) is 1.33. The summed E-state index contributed by atoms with van der Waals surface area (Å²) in [6.07, 6.45) is 0. The van der Waals surface area contributed by atoms with Crippen LogP contribution in [0.3, 0.4) is 0 Å². The fraction of sp³-hybridized carbons (Fsp3) is 0.500. The first-order chi connectivity index (χ1) is 5.24. The molecule has 0 atom stereocenters. The topological polar surface area (TPSA) is 49.6 Å². The summed E-state index contributed by atoms with van der Waals surface area (Å²) < 4.78 is 14.1. The third kappa shape index (κ3) is 4.39. The Morgan fingerprint density at radius 1 is 1.73 bits per heavy atom. The zero-order valence-electron chi connectivity index (χ0n) is 6.33. The number of nitrogens with zero attached hydrogens (tertiary/aromatic N) is 3. The van der Waals surface area contributed by atoms with Crippen LogP contribution < -0.4 is 0 Å². The molecule has 0 aliphatic heterocycles. The molecule has 3 nitrogen and oxygen atoms in total. The molecule has 0 aromatic carbocycles. The number of alkyl halides is 1. The highest BCUT2D eigenvalue weighted by molar-refractivity contribution is 7.05. The van der Waals surface area contributed by atoms with Gasteiger partial charge < -0.3 is 0 Å². The van der Waals surface area contributed by atoms with Crippen LogP contribution in [0, 0.1) is 18.3 Å². The Labute approximate surface area is 68.7 Å². The molecule has 0 spiro atoms. The van der Waals surface area contributed by atoms with Crippen molar-refractivity contribution in [3.05, 3.63) is 10.8 Å². The second kappa shape index (κ2) is 5.74. The monoisotopic (exact) mass is 173 g/mol. The lowest BCUT2D eigenvalue weighted by Gasteiger charge is -1.66. The Bertz CT molecular complexity index is 240. The molecule has 11 heavy (non-hydrogen) atoms. The maximum absolute atomic E-state index is 10.3. The van der Waals surface area contributed by atoms with E-state index in [0.29, 0.717) is 10.8 Å². The molecular formula is C6H8FN3S. The van der Waals surface area contributed by atoms with E-state index in [2.05, 4.69) is 9.36 Å². The molecule has 60 valence electrons. The van der Waals surface area contributed by atoms with Crippen LogP contribution in [0.4, 0.5) is 4.39 Å². The van der Waals surface area contributed by atoms with Crippen molar-refractivity contribution >= 4 is 11.5 Å². The lowest BCUT2D eigenvalue weighted by Crippen LogP contribution is -1.71. The average molecular weight is 173 g/mol. The summed E-state index contributed by atoms with van der Waals surface area (Å²) in [7, 11) is 0. The van der Waals surface area contributed by atoms with Crippen LogP contribution >= 0.6 is 11.5 Å². The predicted molar refractivity (Wildman–Crippen MR) is 41.0 cm³/mol. The summed E-state index contributed by atoms with van der Waals surface area (Å²) in [6, 6.07) is 1.89. The van der Waals surface area contributed by atoms with Crippen molar-refractivity contribution in [3.8, 4) is 6.07 Å². The standard InChI is InChI=1S/C4H3N3S.C2H5F/c1-3-6-4(2-5)8-7-3;1-2-3/h1H3;2H2,1H3. The van der Waals surface area contributed by atoms with Crippen molar-refractivity contribution in [2.75, 3.05) is 6.67 Å². The second-order valence-electron chi connectivity index (χ2n) is 1.53. The van der Waals surface area contributed by atoms with Gasteiger partial charge in [-0.3, -0.25) is 4.39 Å². The maximum Gasteiger partial charge on any atom is 0.214 e. The van der Waals surface area contributed by atoms with Gasteiger partial charge in [-0.25, -0.2) is 4.98 Å². The predicted octanol–water partition coefficient (Wildman–Crippen LogP) is 1.69. The molecule has 1 heterocycles. The zero-order chi connectivity index (χ0) is 8.69. The van der Waals surface area contributed by atoms with Crippen LogP contribution in [0.2, 0.25) is 0 Å². The van der Waals surface area contributed by atoms with Gasteiger partial charge in [-0.15, -0.1) is 0 Å². The first kappa shape index (κ1) is 9.98. The zero-order valence-corrected chi connectivity index (χ0v) is 7.15. The van der Waals surface area contributed by atoms with Gasteiger partial charge in [0.15, 0.2) is 0 Å². The summed E-state index contributed by atoms with van der Waals surface area (Å²) in [6.45, 7) is 2.97. The molecule has 0 aliphatic carbocycles. The molecule has 0 bridgehead atoms. The Morgan fingerprint density at radius 3 is 2.45 bits per heavy atom. The molecular weight excluding hydrogens is 165 g/mol. The van der Waals surface area contributed by atoms with Gasteiger partial charge in [0.2, 0.25) is 5.01 Å². The summed E-state index contributed by atoms with van der Waals surface area (Å²) in [4.78, 5) is 3.78. The van der Waals surface area contributed by atoms with Crippen LogP contribution in [0.15, 0.2) is 0 Å². The van der Waals surface area contributed by atoms with Gasteiger partial charge in [0, 0.05) is 0 Å². The van der Waals surface area contributed by atoms with E-state index < -0.39 is 0 Å². The fourth-order valence-corrected chi connectivity index (χ4v) is 0.816. The third-order valence-electron chi connectivity index (χ3n) is 0.623. The van der Waals surface area contributed by atoms with Crippen LogP contribution in [0.5, 0.6) is 0 Å². The highest BCUT2D eigenvalue weighted by Crippen LogP contribution is 1.99. The van der Waals surface area contributed by atoms with Gasteiger partial charge in [-0.2, -0.15) is 9.64 Å². The smallest absolute Gasteiger partial charge is 0.214 e. The van der Waals surface area contributed by atoms with Crippen molar-refractivity contribution in [3.63, 3.8) is 0 Å². The van der Waals surface area contributed by atoms with E-state index >= 15 is 0 Å². The molecule has 0 unspecified atom stereocenters. The highest BCUT2D eigenvalue weighted by Gasteiger charge is 1.93. The molecule has 1 rings (SSSR count). The fourth-order valence-electron chi connectivity index (χ4n) is 0.342. The van der Waals surface area contributed by atoms with Gasteiger partial charge in [0.25, 0.3) is 0 Å². The van der Waals surface area contributed by atoms with Gasteiger partial charge in [-0.05, 0) is 25.4 Å². The van der Waals surface area contributed by atoms with Crippen LogP contribution in [0.25, 0.3) is 0 Å². The van der Waals surface area contributed by atoms with E-state index in [1.54, 1.807) is 6.92 Å². The largest absolute Gasteiger partial charge is 0.251 e. The van der Waals surface area contributed by atoms with Crippen molar-refractivity contribution in [1.82, 2.24) is 9.36 Å². The number of nitriles is 1.